The average molecular weight is 247 g/mol. The van der Waals surface area contributed by atoms with Crippen LogP contribution in [0.3, 0.4) is 0 Å². The van der Waals surface area contributed by atoms with Crippen LogP contribution in [0.5, 0.6) is 0 Å². The average Bonchev–Trinajstić information content (AvgIpc) is 2.28. The van der Waals surface area contributed by atoms with Gasteiger partial charge in [-0.3, -0.25) is 10.3 Å². The molecule has 18 heavy (non-hydrogen) atoms. The second-order valence-corrected chi connectivity index (χ2v) is 5.46. The summed E-state index contributed by atoms with van der Waals surface area (Å²) in [5.41, 5.74) is 7.59. The molecule has 0 saturated heterocycles. The zero-order valence-corrected chi connectivity index (χ0v) is 11.9. The quantitative estimate of drug-likeness (QED) is 0.600. The van der Waals surface area contributed by atoms with Gasteiger partial charge < -0.3 is 5.73 Å². The Morgan fingerprint density at radius 3 is 2.44 bits per heavy atom. The lowest BCUT2D eigenvalue weighted by molar-refractivity contribution is 0.220. The summed E-state index contributed by atoms with van der Waals surface area (Å²) in [5, 5.41) is 7.60. The highest BCUT2D eigenvalue weighted by Crippen LogP contribution is 2.15. The maximum Gasteiger partial charge on any atom is 0.123 e. The number of hydrogen-bond donors (Lipinski definition) is 2. The summed E-state index contributed by atoms with van der Waals surface area (Å²) < 4.78 is 0. The molecule has 3 nitrogen and oxygen atoms in total. The zero-order chi connectivity index (χ0) is 13.7. The van der Waals surface area contributed by atoms with Gasteiger partial charge in [0.25, 0.3) is 0 Å². The highest BCUT2D eigenvalue weighted by atomic mass is 15.1. The molecule has 0 aliphatic heterocycles. The molecule has 0 aromatic heterocycles. The summed E-state index contributed by atoms with van der Waals surface area (Å²) in [6.45, 7) is 7.57. The molecule has 0 heterocycles. The van der Waals surface area contributed by atoms with Crippen molar-refractivity contribution in [1.29, 1.82) is 5.41 Å². The monoisotopic (exact) mass is 247 g/mol. The Hall–Kier alpha value is -1.35. The topological polar surface area (TPSA) is 53.1 Å². The minimum atomic E-state index is 0.149. The molecule has 1 atom stereocenters. The van der Waals surface area contributed by atoms with Crippen molar-refractivity contribution >= 4 is 5.84 Å². The third kappa shape index (κ3) is 4.15. The van der Waals surface area contributed by atoms with Crippen LogP contribution in [0.1, 0.15) is 38.3 Å². The summed E-state index contributed by atoms with van der Waals surface area (Å²) in [5.74, 6) is 0.848. The van der Waals surface area contributed by atoms with Gasteiger partial charge in [-0.2, -0.15) is 0 Å². The van der Waals surface area contributed by atoms with E-state index in [9.17, 15) is 0 Å². The molecule has 0 spiro atoms. The Morgan fingerprint density at radius 2 is 1.89 bits per heavy atom. The van der Waals surface area contributed by atoms with E-state index in [1.165, 1.54) is 6.42 Å². The highest BCUT2D eigenvalue weighted by Gasteiger charge is 2.13. The number of benzene rings is 1. The highest BCUT2D eigenvalue weighted by molar-refractivity contribution is 5.96. The lowest BCUT2D eigenvalue weighted by Crippen LogP contribution is -2.30. The first-order valence-corrected chi connectivity index (χ1v) is 6.54. The summed E-state index contributed by atoms with van der Waals surface area (Å²) in [6.07, 6.45) is 1.18. The predicted octanol–water partition coefficient (Wildman–Crippen LogP) is 2.84. The van der Waals surface area contributed by atoms with E-state index < -0.39 is 0 Å². The molecule has 0 aliphatic rings. The fourth-order valence-electron chi connectivity index (χ4n) is 2.21. The summed E-state index contributed by atoms with van der Waals surface area (Å²) in [6, 6.07) is 8.43. The third-order valence-corrected chi connectivity index (χ3v) is 3.29. The Bertz CT molecular complexity index is 398. The van der Waals surface area contributed by atoms with Crippen molar-refractivity contribution in [2.45, 2.75) is 39.8 Å². The van der Waals surface area contributed by atoms with Crippen molar-refractivity contribution in [3.63, 3.8) is 0 Å². The van der Waals surface area contributed by atoms with Crippen molar-refractivity contribution in [3.8, 4) is 0 Å². The second-order valence-electron chi connectivity index (χ2n) is 5.46. The molecular formula is C15H25N3. The van der Waals surface area contributed by atoms with E-state index in [0.717, 1.165) is 17.7 Å². The third-order valence-electron chi connectivity index (χ3n) is 3.29. The largest absolute Gasteiger partial charge is 0.384 e. The first-order chi connectivity index (χ1) is 8.41. The van der Waals surface area contributed by atoms with E-state index in [-0.39, 0.29) is 5.84 Å². The van der Waals surface area contributed by atoms with E-state index in [0.29, 0.717) is 12.0 Å². The van der Waals surface area contributed by atoms with Crippen LogP contribution in [0, 0.1) is 11.3 Å². The van der Waals surface area contributed by atoms with Crippen molar-refractivity contribution in [2.24, 2.45) is 11.7 Å². The molecule has 0 saturated carbocycles. The molecule has 3 N–H and O–H groups in total. The van der Waals surface area contributed by atoms with E-state index in [2.05, 4.69) is 38.8 Å². The van der Waals surface area contributed by atoms with Gasteiger partial charge in [-0.05, 0) is 31.9 Å². The molecule has 100 valence electrons. The van der Waals surface area contributed by atoms with Crippen LogP contribution in [0.2, 0.25) is 0 Å². The molecule has 0 aliphatic carbocycles. The van der Waals surface area contributed by atoms with E-state index in [4.69, 9.17) is 11.1 Å². The Labute approximate surface area is 111 Å². The molecule has 1 aromatic rings. The smallest absolute Gasteiger partial charge is 0.123 e. The van der Waals surface area contributed by atoms with Gasteiger partial charge in [0, 0.05) is 18.2 Å². The Balaban J connectivity index is 2.75. The van der Waals surface area contributed by atoms with E-state index >= 15 is 0 Å². The number of nitrogens with one attached hydrogen (secondary N) is 1. The van der Waals surface area contributed by atoms with Crippen LogP contribution in [-0.4, -0.2) is 23.8 Å². The molecule has 0 radical (unpaired) electrons. The minimum Gasteiger partial charge on any atom is -0.384 e. The predicted molar refractivity (Wildman–Crippen MR) is 77.8 cm³/mol. The number of nitrogens with zero attached hydrogens (tertiary/aromatic N) is 1. The maximum absolute atomic E-state index is 7.60. The summed E-state index contributed by atoms with van der Waals surface area (Å²) >= 11 is 0. The van der Waals surface area contributed by atoms with E-state index in [1.54, 1.807) is 0 Å². The molecular weight excluding hydrogens is 222 g/mol. The van der Waals surface area contributed by atoms with Gasteiger partial charge in [-0.25, -0.2) is 0 Å². The van der Waals surface area contributed by atoms with Crippen molar-refractivity contribution in [2.75, 3.05) is 7.05 Å². The van der Waals surface area contributed by atoms with Gasteiger partial charge in [0.1, 0.15) is 5.84 Å². The molecule has 3 heteroatoms. The van der Waals surface area contributed by atoms with Crippen molar-refractivity contribution in [1.82, 2.24) is 4.90 Å². The lowest BCUT2D eigenvalue weighted by Gasteiger charge is -2.27. The minimum absolute atomic E-state index is 0.149. The number of nitrogen functional groups attached to an aromatic ring is 1. The molecule has 0 amide bonds. The first kappa shape index (κ1) is 14.7. The summed E-state index contributed by atoms with van der Waals surface area (Å²) in [7, 11) is 2.13. The molecule has 1 unspecified atom stereocenters. The first-order valence-electron chi connectivity index (χ1n) is 6.54. The van der Waals surface area contributed by atoms with Crippen molar-refractivity contribution < 1.29 is 0 Å². The van der Waals surface area contributed by atoms with Gasteiger partial charge in [0.15, 0.2) is 0 Å². The normalized spacial score (nSPS) is 13.0. The fourth-order valence-corrected chi connectivity index (χ4v) is 2.21. The molecule has 0 fully saturated rings. The summed E-state index contributed by atoms with van der Waals surface area (Å²) in [4.78, 5) is 2.32. The van der Waals surface area contributed by atoms with E-state index in [1.807, 2.05) is 18.2 Å². The van der Waals surface area contributed by atoms with Crippen LogP contribution in [0.15, 0.2) is 24.3 Å². The molecule has 0 bridgehead atoms. The van der Waals surface area contributed by atoms with Crippen LogP contribution in [0.4, 0.5) is 0 Å². The fraction of sp³-hybridized carbons (Fsp3) is 0.533. The van der Waals surface area contributed by atoms with Crippen LogP contribution in [-0.2, 0) is 6.54 Å². The number of nitrogens with two attached hydrogens (primary N) is 1. The SMILES string of the molecule is CC(C)CC(C)N(C)Cc1ccccc1C(=N)N. The number of amidine groups is 1. The van der Waals surface area contributed by atoms with Gasteiger partial charge in [0.05, 0.1) is 0 Å². The Kier molecular flexibility index (Phi) is 5.35. The van der Waals surface area contributed by atoms with Crippen LogP contribution >= 0.6 is 0 Å². The zero-order valence-electron chi connectivity index (χ0n) is 11.9. The number of rotatable bonds is 6. The van der Waals surface area contributed by atoms with Gasteiger partial charge in [-0.1, -0.05) is 38.1 Å². The lowest BCUT2D eigenvalue weighted by atomic mass is 10.0. The van der Waals surface area contributed by atoms with Gasteiger partial charge in [-0.15, -0.1) is 0 Å². The van der Waals surface area contributed by atoms with Gasteiger partial charge in [0.2, 0.25) is 0 Å². The van der Waals surface area contributed by atoms with Crippen LogP contribution in [0.25, 0.3) is 0 Å². The van der Waals surface area contributed by atoms with Crippen molar-refractivity contribution in [3.05, 3.63) is 35.4 Å². The van der Waals surface area contributed by atoms with Gasteiger partial charge >= 0.3 is 0 Å². The van der Waals surface area contributed by atoms with Crippen LogP contribution < -0.4 is 5.73 Å². The maximum atomic E-state index is 7.60. The Morgan fingerprint density at radius 1 is 1.28 bits per heavy atom. The molecule has 1 rings (SSSR count). The second kappa shape index (κ2) is 6.55. The standard InChI is InChI=1S/C15H25N3/c1-11(2)9-12(3)18(4)10-13-7-5-6-8-14(13)15(16)17/h5-8,11-12H,9-10H2,1-4H3,(H3,16,17). The molecule has 1 aromatic carbocycles. The number of hydrogen-bond acceptors (Lipinski definition) is 2.